The molecular weight excluding hydrogens is 304 g/mol. The Kier molecular flexibility index (Phi) is 3.69. The third-order valence-electron chi connectivity index (χ3n) is 3.37. The number of hydrogen-bond donors (Lipinski definition) is 2. The number of aromatic nitrogens is 2. The Balaban J connectivity index is 1.75. The molecule has 0 aliphatic heterocycles. The van der Waals surface area contributed by atoms with Crippen LogP contribution < -0.4 is 11.1 Å². The first-order chi connectivity index (χ1) is 10.1. The van der Waals surface area contributed by atoms with Crippen molar-refractivity contribution in [2.24, 2.45) is 7.05 Å². The Labute approximate surface area is 130 Å². The van der Waals surface area contributed by atoms with Crippen molar-refractivity contribution in [2.45, 2.75) is 13.3 Å². The van der Waals surface area contributed by atoms with Crippen LogP contribution in [0, 0.1) is 6.92 Å². The molecule has 1 amide bonds. The smallest absolute Gasteiger partial charge is 0.263 e. The Morgan fingerprint density at radius 2 is 2.33 bits per heavy atom. The summed E-state index contributed by atoms with van der Waals surface area (Å²) in [5.74, 6) is -0.108. The van der Waals surface area contributed by atoms with Crippen LogP contribution in [0.25, 0.3) is 10.2 Å². The molecule has 0 unspecified atom stereocenters. The number of rotatable bonds is 4. The van der Waals surface area contributed by atoms with E-state index in [0.717, 1.165) is 22.3 Å². The number of fused-ring (bicyclic) bond motifs is 1. The molecule has 3 N–H and O–H groups in total. The van der Waals surface area contributed by atoms with Gasteiger partial charge in [0.25, 0.3) is 5.91 Å². The van der Waals surface area contributed by atoms with Gasteiger partial charge in [0.15, 0.2) is 0 Å². The fraction of sp³-hybridized carbons (Fsp3) is 0.286. The maximum Gasteiger partial charge on any atom is 0.263 e. The normalized spacial score (nSPS) is 11.1. The first-order valence-electron chi connectivity index (χ1n) is 6.58. The zero-order chi connectivity index (χ0) is 15.0. The lowest BCUT2D eigenvalue weighted by Gasteiger charge is -2.03. The Bertz CT molecular complexity index is 786. The van der Waals surface area contributed by atoms with Gasteiger partial charge in [0.05, 0.1) is 16.8 Å². The van der Waals surface area contributed by atoms with E-state index in [0.29, 0.717) is 17.1 Å². The molecule has 0 saturated heterocycles. The maximum absolute atomic E-state index is 12.3. The molecule has 0 aliphatic rings. The highest BCUT2D eigenvalue weighted by Gasteiger charge is 2.20. The third-order valence-corrected chi connectivity index (χ3v) is 5.37. The van der Waals surface area contributed by atoms with Gasteiger partial charge in [-0.15, -0.1) is 11.3 Å². The summed E-state index contributed by atoms with van der Waals surface area (Å²) < 4.78 is 1.77. The van der Waals surface area contributed by atoms with Crippen LogP contribution in [-0.2, 0) is 13.5 Å². The third kappa shape index (κ3) is 2.54. The summed E-state index contributed by atoms with van der Waals surface area (Å²) in [5, 5.41) is 12.3. The zero-order valence-electron chi connectivity index (χ0n) is 11.8. The lowest BCUT2D eigenvalue weighted by atomic mass is 10.2. The molecule has 0 aromatic carbocycles. The van der Waals surface area contributed by atoms with E-state index in [2.05, 4.69) is 21.9 Å². The molecule has 0 aliphatic carbocycles. The lowest BCUT2D eigenvalue weighted by molar-refractivity contribution is 0.0959. The van der Waals surface area contributed by atoms with Gasteiger partial charge in [0.1, 0.15) is 9.71 Å². The summed E-state index contributed by atoms with van der Waals surface area (Å²) in [5.41, 5.74) is 8.75. The van der Waals surface area contributed by atoms with Crippen molar-refractivity contribution in [3.8, 4) is 0 Å². The van der Waals surface area contributed by atoms with Gasteiger partial charge >= 0.3 is 0 Å². The number of carbonyl (C=O) groups excluding carboxylic acids is 1. The van der Waals surface area contributed by atoms with Crippen molar-refractivity contribution in [2.75, 3.05) is 12.3 Å². The average molecular weight is 320 g/mol. The molecule has 7 heteroatoms. The highest BCUT2D eigenvalue weighted by molar-refractivity contribution is 7.21. The van der Waals surface area contributed by atoms with Gasteiger partial charge in [0.2, 0.25) is 0 Å². The minimum absolute atomic E-state index is 0.108. The number of anilines is 1. The van der Waals surface area contributed by atoms with Crippen molar-refractivity contribution in [3.05, 3.63) is 33.0 Å². The Hall–Kier alpha value is -1.86. The molecule has 3 rings (SSSR count). The van der Waals surface area contributed by atoms with Gasteiger partial charge in [-0.05, 0) is 35.7 Å². The first-order valence-corrected chi connectivity index (χ1v) is 8.34. The molecule has 3 aromatic rings. The van der Waals surface area contributed by atoms with E-state index in [1.807, 2.05) is 19.4 Å². The Morgan fingerprint density at radius 1 is 1.52 bits per heavy atom. The van der Waals surface area contributed by atoms with E-state index in [1.165, 1.54) is 16.9 Å². The monoisotopic (exact) mass is 320 g/mol. The second kappa shape index (κ2) is 5.50. The van der Waals surface area contributed by atoms with Gasteiger partial charge in [-0.1, -0.05) is 0 Å². The number of nitrogens with one attached hydrogen (secondary N) is 1. The molecule has 110 valence electrons. The number of carbonyl (C=O) groups is 1. The van der Waals surface area contributed by atoms with Crippen LogP contribution in [0.5, 0.6) is 0 Å². The second-order valence-corrected chi connectivity index (χ2v) is 6.65. The zero-order valence-corrected chi connectivity index (χ0v) is 13.5. The number of nitrogens with two attached hydrogens (primary N) is 1. The van der Waals surface area contributed by atoms with E-state index in [9.17, 15) is 4.79 Å². The average Bonchev–Trinajstić information content (AvgIpc) is 3.11. The minimum atomic E-state index is -0.108. The van der Waals surface area contributed by atoms with Crippen LogP contribution in [0.15, 0.2) is 16.8 Å². The van der Waals surface area contributed by atoms with E-state index in [-0.39, 0.29) is 5.91 Å². The molecule has 0 radical (unpaired) electrons. The highest BCUT2D eigenvalue weighted by Crippen LogP contribution is 2.35. The van der Waals surface area contributed by atoms with Gasteiger partial charge in [-0.25, -0.2) is 0 Å². The number of aryl methyl sites for hydroxylation is 2. The molecular formula is C14H16N4OS2. The summed E-state index contributed by atoms with van der Waals surface area (Å²) in [7, 11) is 1.86. The summed E-state index contributed by atoms with van der Waals surface area (Å²) in [4.78, 5) is 13.8. The summed E-state index contributed by atoms with van der Waals surface area (Å²) in [6.07, 6.45) is 0.834. The maximum atomic E-state index is 12.3. The predicted octanol–water partition coefficient (Wildman–Crippen LogP) is 2.56. The molecule has 0 bridgehead atoms. The molecule has 5 nitrogen and oxygen atoms in total. The predicted molar refractivity (Wildman–Crippen MR) is 88.1 cm³/mol. The van der Waals surface area contributed by atoms with Crippen molar-refractivity contribution < 1.29 is 4.79 Å². The summed E-state index contributed by atoms with van der Waals surface area (Å²) in [6, 6.07) is 2.07. The van der Waals surface area contributed by atoms with Gasteiger partial charge in [0, 0.05) is 13.6 Å². The molecule has 0 spiro atoms. The van der Waals surface area contributed by atoms with E-state index in [1.54, 1.807) is 16.0 Å². The van der Waals surface area contributed by atoms with Gasteiger partial charge in [-0.3, -0.25) is 9.48 Å². The molecule has 0 atom stereocenters. The number of nitrogens with zero attached hydrogens (tertiary/aromatic N) is 2. The number of thiophene rings is 2. The minimum Gasteiger partial charge on any atom is -0.397 e. The lowest BCUT2D eigenvalue weighted by Crippen LogP contribution is -2.25. The van der Waals surface area contributed by atoms with Crippen molar-refractivity contribution in [1.82, 2.24) is 15.1 Å². The van der Waals surface area contributed by atoms with Crippen molar-refractivity contribution in [1.29, 1.82) is 0 Å². The van der Waals surface area contributed by atoms with E-state index >= 15 is 0 Å². The number of amides is 1. The number of hydrogen-bond acceptors (Lipinski definition) is 5. The van der Waals surface area contributed by atoms with Crippen LogP contribution >= 0.6 is 22.7 Å². The van der Waals surface area contributed by atoms with Crippen LogP contribution in [0.2, 0.25) is 0 Å². The second-order valence-electron chi connectivity index (χ2n) is 4.87. The van der Waals surface area contributed by atoms with E-state index < -0.39 is 0 Å². The first kappa shape index (κ1) is 14.1. The highest BCUT2D eigenvalue weighted by atomic mass is 32.1. The van der Waals surface area contributed by atoms with Crippen LogP contribution in [-0.4, -0.2) is 22.2 Å². The summed E-state index contributed by atoms with van der Waals surface area (Å²) in [6.45, 7) is 2.52. The molecule has 0 saturated carbocycles. The van der Waals surface area contributed by atoms with Crippen molar-refractivity contribution in [3.63, 3.8) is 0 Å². The van der Waals surface area contributed by atoms with Crippen LogP contribution in [0.1, 0.15) is 20.9 Å². The molecule has 3 heterocycles. The van der Waals surface area contributed by atoms with Crippen molar-refractivity contribution >= 4 is 44.5 Å². The largest absolute Gasteiger partial charge is 0.397 e. The molecule has 0 fully saturated rings. The van der Waals surface area contributed by atoms with E-state index in [4.69, 9.17) is 5.73 Å². The molecule has 21 heavy (non-hydrogen) atoms. The standard InChI is InChI=1S/C14H16N4OS2/c1-8-10-11(15)12(21-14(10)18(2)17-8)13(19)16-5-3-9-4-6-20-7-9/h4,6-7H,3,5,15H2,1-2H3,(H,16,19). The van der Waals surface area contributed by atoms with Crippen LogP contribution in [0.4, 0.5) is 5.69 Å². The molecule has 3 aromatic heterocycles. The van der Waals surface area contributed by atoms with Crippen LogP contribution in [0.3, 0.4) is 0 Å². The SMILES string of the molecule is Cc1nn(C)c2sc(C(=O)NCCc3ccsc3)c(N)c12. The van der Waals surface area contributed by atoms with Gasteiger partial charge < -0.3 is 11.1 Å². The quantitative estimate of drug-likeness (QED) is 0.776. The summed E-state index contributed by atoms with van der Waals surface area (Å²) >= 11 is 3.06. The number of nitrogen functional groups attached to an aromatic ring is 1. The fourth-order valence-electron chi connectivity index (χ4n) is 2.33. The fourth-order valence-corrected chi connectivity index (χ4v) is 4.14. The topological polar surface area (TPSA) is 72.9 Å². The Morgan fingerprint density at radius 3 is 3.00 bits per heavy atom. The van der Waals surface area contributed by atoms with Gasteiger partial charge in [-0.2, -0.15) is 16.4 Å².